The van der Waals surface area contributed by atoms with Gasteiger partial charge in [0.05, 0.1) is 1.93 Å². The van der Waals surface area contributed by atoms with Crippen molar-refractivity contribution in [3.05, 3.63) is 0 Å². The summed E-state index contributed by atoms with van der Waals surface area (Å²) in [5, 5.41) is 0. The van der Waals surface area contributed by atoms with E-state index in [2.05, 4.69) is 45.2 Å². The van der Waals surface area contributed by atoms with Gasteiger partial charge in [0.1, 0.15) is 0 Å². The number of hydrogen-bond acceptors (Lipinski definition) is 0. The van der Waals surface area contributed by atoms with Gasteiger partial charge in [0.15, 0.2) is 0 Å². The summed E-state index contributed by atoms with van der Waals surface area (Å²) in [5.41, 5.74) is 0. The zero-order valence-electron chi connectivity index (χ0n) is 3.13. The van der Waals surface area contributed by atoms with Gasteiger partial charge in [-0.25, -0.2) is 0 Å². The Hall–Kier alpha value is 1.75. The van der Waals surface area contributed by atoms with Gasteiger partial charge < -0.3 is 0 Å². The summed E-state index contributed by atoms with van der Waals surface area (Å²) in [6, 6.07) is 0. The highest BCUT2D eigenvalue weighted by Gasteiger charge is 1.91. The molecule has 0 nitrogen and oxygen atoms in total. The van der Waals surface area contributed by atoms with Crippen LogP contribution in [0.2, 0.25) is 0 Å². The van der Waals surface area contributed by atoms with E-state index in [0.29, 0.717) is 1.93 Å². The van der Waals surface area contributed by atoms with Crippen molar-refractivity contribution in [2.24, 2.45) is 0 Å². The van der Waals surface area contributed by atoms with E-state index in [4.69, 9.17) is 11.6 Å². The minimum absolute atomic E-state index is 0.706. The Morgan fingerprint density at radius 3 is 2.00 bits per heavy atom. The molecule has 0 aromatic carbocycles. The van der Waals surface area contributed by atoms with Crippen LogP contribution in [-0.4, -0.2) is 7.81 Å². The summed E-state index contributed by atoms with van der Waals surface area (Å²) in [6.45, 7) is 0. The Morgan fingerprint density at radius 1 is 1.50 bits per heavy atom. The number of alkyl halides is 3. The molecule has 0 saturated carbocycles. The average molecular weight is 330 g/mol. The molecule has 0 aromatic rings. The Balaban J connectivity index is 2.63. The molecule has 0 unspecified atom stereocenters. The molecule has 6 heavy (non-hydrogen) atoms. The van der Waals surface area contributed by atoms with Gasteiger partial charge in [-0.2, -0.15) is 0 Å². The predicted octanol–water partition coefficient (Wildman–Crippen LogP) is 2.81. The SMILES string of the molecule is ClCCC(I)I. The van der Waals surface area contributed by atoms with Crippen LogP contribution in [0.4, 0.5) is 0 Å². The molecule has 0 aromatic heterocycles. The van der Waals surface area contributed by atoms with Crippen molar-refractivity contribution in [2.75, 3.05) is 5.88 Å². The lowest BCUT2D eigenvalue weighted by molar-refractivity contribution is 1.12. The summed E-state index contributed by atoms with van der Waals surface area (Å²) in [6.07, 6.45) is 1.11. The lowest BCUT2D eigenvalue weighted by atomic mass is 10.6. The second kappa shape index (κ2) is 4.90. The van der Waals surface area contributed by atoms with Crippen LogP contribution in [0.5, 0.6) is 0 Å². The molecule has 38 valence electrons. The van der Waals surface area contributed by atoms with E-state index in [0.717, 1.165) is 12.3 Å². The van der Waals surface area contributed by atoms with Gasteiger partial charge in [0.2, 0.25) is 0 Å². The molecule has 3 heteroatoms. The monoisotopic (exact) mass is 330 g/mol. The number of rotatable bonds is 2. The second-order valence-corrected chi connectivity index (χ2v) is 6.64. The molecule has 0 saturated heterocycles. The Labute approximate surface area is 70.3 Å². The van der Waals surface area contributed by atoms with Crippen LogP contribution in [0.25, 0.3) is 0 Å². The molecule has 0 bridgehead atoms. The quantitative estimate of drug-likeness (QED) is 0.540. The summed E-state index contributed by atoms with van der Waals surface area (Å²) >= 11 is 10.1. The maximum atomic E-state index is 5.39. The molecule has 0 N–H and O–H groups in total. The maximum absolute atomic E-state index is 5.39. The third-order valence-electron chi connectivity index (χ3n) is 0.327. The summed E-state index contributed by atoms with van der Waals surface area (Å²) < 4.78 is 0.706. The van der Waals surface area contributed by atoms with E-state index in [-0.39, 0.29) is 0 Å². The second-order valence-electron chi connectivity index (χ2n) is 0.869. The van der Waals surface area contributed by atoms with E-state index in [1.807, 2.05) is 0 Å². The first-order valence-corrected chi connectivity index (χ1v) is 4.64. The van der Waals surface area contributed by atoms with Crippen molar-refractivity contribution in [3.63, 3.8) is 0 Å². The van der Waals surface area contributed by atoms with Gasteiger partial charge >= 0.3 is 0 Å². The molecule has 0 aliphatic carbocycles. The molecule has 0 aliphatic heterocycles. The molecule has 0 aliphatic rings. The van der Waals surface area contributed by atoms with Crippen LogP contribution in [0.1, 0.15) is 6.42 Å². The predicted molar refractivity (Wildman–Crippen MR) is 47.2 cm³/mol. The molecule has 0 fully saturated rings. The van der Waals surface area contributed by atoms with Gasteiger partial charge in [0, 0.05) is 5.88 Å². The van der Waals surface area contributed by atoms with E-state index >= 15 is 0 Å². The minimum atomic E-state index is 0.706. The van der Waals surface area contributed by atoms with Gasteiger partial charge in [-0.05, 0) is 6.42 Å². The normalized spacial score (nSPS) is 10.0. The van der Waals surface area contributed by atoms with E-state index < -0.39 is 0 Å². The zero-order chi connectivity index (χ0) is 4.99. The first-order chi connectivity index (χ1) is 2.77. The van der Waals surface area contributed by atoms with Crippen molar-refractivity contribution in [1.82, 2.24) is 0 Å². The number of hydrogen-bond donors (Lipinski definition) is 0. The molecule has 0 rings (SSSR count). The first-order valence-electron chi connectivity index (χ1n) is 1.61. The van der Waals surface area contributed by atoms with Crippen molar-refractivity contribution in [1.29, 1.82) is 0 Å². The van der Waals surface area contributed by atoms with E-state index in [1.54, 1.807) is 0 Å². The Kier molecular flexibility index (Phi) is 6.33. The van der Waals surface area contributed by atoms with Crippen LogP contribution in [0.15, 0.2) is 0 Å². The minimum Gasteiger partial charge on any atom is -0.127 e. The first kappa shape index (κ1) is 7.75. The van der Waals surface area contributed by atoms with Crippen molar-refractivity contribution in [2.45, 2.75) is 8.35 Å². The molecular formula is C3H5ClI2. The van der Waals surface area contributed by atoms with Crippen LogP contribution in [-0.2, 0) is 0 Å². The standard InChI is InChI=1S/C3H5ClI2/c4-2-1-3(5)6/h3H,1-2H2. The van der Waals surface area contributed by atoms with E-state index in [9.17, 15) is 0 Å². The fraction of sp³-hybridized carbons (Fsp3) is 1.00. The smallest absolute Gasteiger partial charge is 0.0638 e. The van der Waals surface area contributed by atoms with Gasteiger partial charge in [-0.1, -0.05) is 45.2 Å². The van der Waals surface area contributed by atoms with Gasteiger partial charge in [-0.3, -0.25) is 0 Å². The van der Waals surface area contributed by atoms with E-state index in [1.165, 1.54) is 0 Å². The van der Waals surface area contributed by atoms with Crippen LogP contribution in [0, 0.1) is 0 Å². The Bertz CT molecular complexity index is 30.0. The number of halogens is 3. The highest BCUT2D eigenvalue weighted by atomic mass is 127. The van der Waals surface area contributed by atoms with Crippen molar-refractivity contribution >= 4 is 56.8 Å². The van der Waals surface area contributed by atoms with Crippen molar-refractivity contribution < 1.29 is 0 Å². The average Bonchev–Trinajstić information content (AvgIpc) is 1.35. The molecule has 0 atom stereocenters. The highest BCUT2D eigenvalue weighted by molar-refractivity contribution is 14.2. The molecule has 0 amide bonds. The third kappa shape index (κ3) is 5.75. The lowest BCUT2D eigenvalue weighted by Crippen LogP contribution is -1.82. The highest BCUT2D eigenvalue weighted by Crippen LogP contribution is 2.13. The summed E-state index contributed by atoms with van der Waals surface area (Å²) in [4.78, 5) is 0. The topological polar surface area (TPSA) is 0 Å². The van der Waals surface area contributed by atoms with Crippen molar-refractivity contribution in [3.8, 4) is 0 Å². The molecule has 0 heterocycles. The third-order valence-corrected chi connectivity index (χ3v) is 1.79. The van der Waals surface area contributed by atoms with Crippen LogP contribution >= 0.6 is 56.8 Å². The maximum Gasteiger partial charge on any atom is 0.0638 e. The lowest BCUT2D eigenvalue weighted by Gasteiger charge is -1.90. The fourth-order valence-electron chi connectivity index (χ4n) is 0.0825. The fourth-order valence-corrected chi connectivity index (χ4v) is 1.66. The van der Waals surface area contributed by atoms with Gasteiger partial charge in [0.25, 0.3) is 0 Å². The van der Waals surface area contributed by atoms with Crippen LogP contribution < -0.4 is 0 Å². The molecular weight excluding hydrogens is 325 g/mol. The summed E-state index contributed by atoms with van der Waals surface area (Å²) in [5.74, 6) is 0.788. The molecule has 0 spiro atoms. The zero-order valence-corrected chi connectivity index (χ0v) is 8.20. The largest absolute Gasteiger partial charge is 0.127 e. The van der Waals surface area contributed by atoms with Crippen LogP contribution in [0.3, 0.4) is 0 Å². The Morgan fingerprint density at radius 2 is 2.00 bits per heavy atom. The molecule has 0 radical (unpaired) electrons. The van der Waals surface area contributed by atoms with Gasteiger partial charge in [-0.15, -0.1) is 11.6 Å². The summed E-state index contributed by atoms with van der Waals surface area (Å²) in [7, 11) is 0.